The molecule has 0 aromatic rings. The van der Waals surface area contributed by atoms with Gasteiger partial charge in [-0.3, -0.25) is 4.79 Å². The Bertz CT molecular complexity index is 636. The first kappa shape index (κ1) is 20.6. The van der Waals surface area contributed by atoms with E-state index >= 15 is 0 Å². The summed E-state index contributed by atoms with van der Waals surface area (Å²) >= 11 is 0. The Labute approximate surface area is 173 Å². The van der Waals surface area contributed by atoms with E-state index in [0.29, 0.717) is 22.7 Å². The van der Waals surface area contributed by atoms with Crippen molar-refractivity contribution in [2.24, 2.45) is 46.2 Å². The zero-order chi connectivity index (χ0) is 20.1. The summed E-state index contributed by atoms with van der Waals surface area (Å²) in [5.41, 5.74) is 8.35. The number of rotatable bonds is 5. The number of allylic oxidation sites excluding steroid dienone is 2. The average molecular weight is 386 g/mol. The summed E-state index contributed by atoms with van der Waals surface area (Å²) in [7, 11) is 0. The zero-order valence-electron chi connectivity index (χ0n) is 18.8. The van der Waals surface area contributed by atoms with Crippen molar-refractivity contribution in [3.8, 4) is 0 Å². The van der Waals surface area contributed by atoms with Crippen LogP contribution in [0, 0.1) is 40.4 Å². The fraction of sp³-hybridized carbons (Fsp3) is 0.885. The van der Waals surface area contributed by atoms with Crippen molar-refractivity contribution in [2.75, 3.05) is 0 Å². The van der Waals surface area contributed by atoms with Crippen molar-refractivity contribution >= 4 is 5.78 Å². The number of carbonyl (C=O) groups is 1. The summed E-state index contributed by atoms with van der Waals surface area (Å²) in [4.78, 5) is 12.1. The normalized spacial score (nSPS) is 44.9. The van der Waals surface area contributed by atoms with E-state index in [1.165, 1.54) is 56.9 Å². The molecular weight excluding hydrogens is 342 g/mol. The molecule has 1 unspecified atom stereocenters. The van der Waals surface area contributed by atoms with Gasteiger partial charge in [0.25, 0.3) is 0 Å². The molecule has 0 amide bonds. The second kappa shape index (κ2) is 7.56. The van der Waals surface area contributed by atoms with Crippen molar-refractivity contribution in [1.82, 2.24) is 0 Å². The Morgan fingerprint density at radius 3 is 2.64 bits per heavy atom. The molecule has 0 aromatic carbocycles. The highest BCUT2D eigenvalue weighted by molar-refractivity contribution is 5.82. The van der Waals surface area contributed by atoms with Crippen LogP contribution in [-0.2, 0) is 4.79 Å². The van der Waals surface area contributed by atoms with Gasteiger partial charge in [-0.05, 0) is 92.3 Å². The molecule has 0 heterocycles. The van der Waals surface area contributed by atoms with E-state index in [0.717, 1.165) is 48.9 Å². The molecule has 3 fully saturated rings. The molecule has 158 valence electrons. The lowest BCUT2D eigenvalue weighted by Crippen LogP contribution is -2.50. The molecule has 0 saturated heterocycles. The Hall–Kier alpha value is -0.630. The van der Waals surface area contributed by atoms with Gasteiger partial charge in [0, 0.05) is 18.9 Å². The van der Waals surface area contributed by atoms with E-state index in [9.17, 15) is 4.79 Å². The van der Waals surface area contributed by atoms with Gasteiger partial charge in [0.15, 0.2) is 0 Å². The smallest absolute Gasteiger partial charge is 0.136 e. The first-order valence-corrected chi connectivity index (χ1v) is 12.2. The first-order valence-electron chi connectivity index (χ1n) is 12.2. The van der Waals surface area contributed by atoms with Crippen molar-refractivity contribution in [1.29, 1.82) is 0 Å². The fourth-order valence-electron chi connectivity index (χ4n) is 8.42. The van der Waals surface area contributed by atoms with E-state index in [4.69, 9.17) is 5.73 Å². The van der Waals surface area contributed by atoms with Gasteiger partial charge in [-0.25, -0.2) is 0 Å². The first-order chi connectivity index (χ1) is 13.3. The average Bonchev–Trinajstić information content (AvgIpc) is 2.99. The monoisotopic (exact) mass is 385 g/mol. The molecule has 0 bridgehead atoms. The number of hydrogen-bond donors (Lipinski definition) is 1. The van der Waals surface area contributed by atoms with Gasteiger partial charge < -0.3 is 5.73 Å². The van der Waals surface area contributed by atoms with Crippen LogP contribution >= 0.6 is 0 Å². The fourth-order valence-corrected chi connectivity index (χ4v) is 8.42. The summed E-state index contributed by atoms with van der Waals surface area (Å²) < 4.78 is 0. The van der Waals surface area contributed by atoms with Crippen LogP contribution in [0.15, 0.2) is 11.6 Å². The molecule has 8 atom stereocenters. The van der Waals surface area contributed by atoms with Crippen LogP contribution < -0.4 is 5.73 Å². The van der Waals surface area contributed by atoms with Crippen LogP contribution in [0.3, 0.4) is 0 Å². The van der Waals surface area contributed by atoms with E-state index in [-0.39, 0.29) is 0 Å². The van der Waals surface area contributed by atoms with E-state index in [1.54, 1.807) is 0 Å². The predicted octanol–water partition coefficient (Wildman–Crippen LogP) is 6.29. The standard InChI is InChI=1S/C26H43NO/c1-17(6-5-7-18(2)27)22-10-11-23-21-9-8-19-16-20(28)12-14-25(19,3)24(21)13-15-26(22,23)4/h8,17-18,21-24H,5-7,9-16,27H2,1-4H3/t17-,18?,21+,22-,23+,24+,25+,26-/m1/s1. The zero-order valence-corrected chi connectivity index (χ0v) is 18.8. The van der Waals surface area contributed by atoms with Crippen molar-refractivity contribution in [3.63, 3.8) is 0 Å². The number of ketones is 1. The molecule has 0 aliphatic heterocycles. The molecule has 2 N–H and O–H groups in total. The van der Waals surface area contributed by atoms with Gasteiger partial charge in [0.1, 0.15) is 5.78 Å². The molecule has 2 heteroatoms. The van der Waals surface area contributed by atoms with Gasteiger partial charge in [-0.1, -0.05) is 45.3 Å². The van der Waals surface area contributed by atoms with Crippen LogP contribution in [0.2, 0.25) is 0 Å². The minimum Gasteiger partial charge on any atom is -0.328 e. The molecule has 3 saturated carbocycles. The number of fused-ring (bicyclic) bond motifs is 5. The Kier molecular flexibility index (Phi) is 5.57. The minimum absolute atomic E-state index is 0.319. The maximum absolute atomic E-state index is 12.1. The van der Waals surface area contributed by atoms with Crippen LogP contribution in [-0.4, -0.2) is 11.8 Å². The molecule has 0 aromatic heterocycles. The molecule has 4 aliphatic carbocycles. The second-order valence-corrected chi connectivity index (χ2v) is 11.6. The summed E-state index contributed by atoms with van der Waals surface area (Å²) in [6.07, 6.45) is 15.9. The van der Waals surface area contributed by atoms with Gasteiger partial charge in [0.2, 0.25) is 0 Å². The van der Waals surface area contributed by atoms with Gasteiger partial charge >= 0.3 is 0 Å². The van der Waals surface area contributed by atoms with Crippen LogP contribution in [0.1, 0.15) is 98.3 Å². The highest BCUT2D eigenvalue weighted by Crippen LogP contribution is 2.67. The molecule has 4 aliphatic rings. The molecular formula is C26H43NO. The van der Waals surface area contributed by atoms with Crippen molar-refractivity contribution < 1.29 is 4.79 Å². The molecule has 28 heavy (non-hydrogen) atoms. The van der Waals surface area contributed by atoms with Gasteiger partial charge in [0.05, 0.1) is 0 Å². The van der Waals surface area contributed by atoms with E-state index in [2.05, 4.69) is 33.8 Å². The number of carbonyl (C=O) groups excluding carboxylic acids is 1. The van der Waals surface area contributed by atoms with Gasteiger partial charge in [-0.2, -0.15) is 0 Å². The number of nitrogens with two attached hydrogens (primary N) is 1. The summed E-state index contributed by atoms with van der Waals surface area (Å²) in [6, 6.07) is 0.348. The number of Topliss-reactive ketones (excluding diaryl/α,β-unsaturated/α-hetero) is 1. The lowest BCUT2D eigenvalue weighted by molar-refractivity contribution is -0.122. The maximum atomic E-state index is 12.1. The predicted molar refractivity (Wildman–Crippen MR) is 117 cm³/mol. The third-order valence-corrected chi connectivity index (χ3v) is 10.0. The van der Waals surface area contributed by atoms with Crippen LogP contribution in [0.5, 0.6) is 0 Å². The lowest BCUT2D eigenvalue weighted by Gasteiger charge is -2.58. The van der Waals surface area contributed by atoms with Crippen LogP contribution in [0.25, 0.3) is 0 Å². The Morgan fingerprint density at radius 1 is 1.11 bits per heavy atom. The summed E-state index contributed by atoms with van der Waals surface area (Å²) in [5, 5.41) is 0. The molecule has 0 spiro atoms. The lowest BCUT2D eigenvalue weighted by atomic mass is 9.47. The molecule has 0 radical (unpaired) electrons. The third kappa shape index (κ3) is 3.32. The highest BCUT2D eigenvalue weighted by Gasteiger charge is 2.59. The van der Waals surface area contributed by atoms with Gasteiger partial charge in [-0.15, -0.1) is 0 Å². The van der Waals surface area contributed by atoms with E-state index < -0.39 is 0 Å². The van der Waals surface area contributed by atoms with Crippen LogP contribution in [0.4, 0.5) is 0 Å². The highest BCUT2D eigenvalue weighted by atomic mass is 16.1. The van der Waals surface area contributed by atoms with E-state index in [1.807, 2.05) is 0 Å². The quantitative estimate of drug-likeness (QED) is 0.565. The second-order valence-electron chi connectivity index (χ2n) is 11.6. The number of hydrogen-bond acceptors (Lipinski definition) is 2. The SMILES string of the molecule is CC(N)CCC[C@@H](C)[C@H]1CC[C@H]2[C@@H]3CC=C4CC(=O)CC[C@]4(C)[C@H]3CC[C@]12C. The topological polar surface area (TPSA) is 43.1 Å². The third-order valence-electron chi connectivity index (χ3n) is 10.0. The Morgan fingerprint density at radius 2 is 1.89 bits per heavy atom. The molecule has 4 rings (SSSR count). The maximum Gasteiger partial charge on any atom is 0.136 e. The van der Waals surface area contributed by atoms with Crippen molar-refractivity contribution in [3.05, 3.63) is 11.6 Å². The van der Waals surface area contributed by atoms with Crippen molar-refractivity contribution in [2.45, 2.75) is 104 Å². The molecule has 2 nitrogen and oxygen atoms in total. The Balaban J connectivity index is 1.50. The minimum atomic E-state index is 0.319. The summed E-state index contributed by atoms with van der Waals surface area (Å²) in [5.74, 6) is 4.80. The summed E-state index contributed by atoms with van der Waals surface area (Å²) in [6.45, 7) is 9.83. The largest absolute Gasteiger partial charge is 0.328 e.